The van der Waals surface area contributed by atoms with Gasteiger partial charge in [0.2, 0.25) is 5.91 Å². The molecule has 0 spiro atoms. The molecule has 1 N–H and O–H groups in total. The van der Waals surface area contributed by atoms with Crippen LogP contribution in [0.2, 0.25) is 0 Å². The molecule has 1 aromatic heterocycles. The minimum atomic E-state index is -0.925. The van der Waals surface area contributed by atoms with E-state index in [0.29, 0.717) is 12.0 Å². The van der Waals surface area contributed by atoms with Crippen molar-refractivity contribution in [1.82, 2.24) is 5.32 Å². The Balaban J connectivity index is 1.69. The van der Waals surface area contributed by atoms with Gasteiger partial charge in [0.05, 0.1) is 6.04 Å². The molecule has 1 amide bonds. The fraction of sp³-hybridized carbons (Fsp3) is 0.150. The minimum absolute atomic E-state index is 0.133. The highest BCUT2D eigenvalue weighted by atomic mass is 32.1. The summed E-state index contributed by atoms with van der Waals surface area (Å²) in [5, 5.41) is 4.83. The molecule has 0 saturated heterocycles. The van der Waals surface area contributed by atoms with Crippen molar-refractivity contribution in [3.05, 3.63) is 93.4 Å². The molecule has 0 aliphatic rings. The molecule has 0 radical (unpaired) electrons. The predicted molar refractivity (Wildman–Crippen MR) is 95.4 cm³/mol. The van der Waals surface area contributed by atoms with Crippen LogP contribution in [0.1, 0.15) is 28.5 Å². The van der Waals surface area contributed by atoms with Gasteiger partial charge in [-0.25, -0.2) is 13.2 Å². The Hall–Kier alpha value is -2.60. The Morgan fingerprint density at radius 1 is 1.00 bits per heavy atom. The summed E-state index contributed by atoms with van der Waals surface area (Å²) >= 11 is 1.49. The average Bonchev–Trinajstić information content (AvgIpc) is 3.16. The number of amides is 1. The van der Waals surface area contributed by atoms with Crippen LogP contribution in [-0.2, 0) is 11.2 Å². The number of hydrogen-bond acceptors (Lipinski definition) is 2. The Kier molecular flexibility index (Phi) is 5.73. The quantitative estimate of drug-likeness (QED) is 0.645. The second-order valence-corrected chi connectivity index (χ2v) is 6.80. The zero-order valence-corrected chi connectivity index (χ0v) is 14.5. The summed E-state index contributed by atoms with van der Waals surface area (Å²) in [6.07, 6.45) is 0.428. The van der Waals surface area contributed by atoms with Crippen LogP contribution in [0, 0.1) is 17.5 Å². The number of nitrogens with one attached hydrogen (secondary N) is 1. The highest BCUT2D eigenvalue weighted by molar-refractivity contribution is 7.10. The van der Waals surface area contributed by atoms with E-state index in [1.165, 1.54) is 29.5 Å². The zero-order valence-electron chi connectivity index (χ0n) is 13.7. The van der Waals surface area contributed by atoms with Crippen LogP contribution < -0.4 is 5.32 Å². The number of carbonyl (C=O) groups excluding carboxylic acids is 1. The number of thiophene rings is 1. The van der Waals surface area contributed by atoms with Crippen molar-refractivity contribution in [1.29, 1.82) is 0 Å². The molecule has 3 aromatic rings. The van der Waals surface area contributed by atoms with E-state index in [1.807, 2.05) is 17.5 Å². The molecule has 1 heterocycles. The number of benzene rings is 2. The molecule has 3 rings (SSSR count). The largest absolute Gasteiger partial charge is 0.344 e. The lowest BCUT2D eigenvalue weighted by Gasteiger charge is -2.18. The maximum absolute atomic E-state index is 13.2. The number of rotatable bonds is 6. The lowest BCUT2D eigenvalue weighted by atomic mass is 10.0. The first kappa shape index (κ1) is 18.2. The van der Waals surface area contributed by atoms with Crippen molar-refractivity contribution < 1.29 is 18.0 Å². The van der Waals surface area contributed by atoms with Crippen molar-refractivity contribution >= 4 is 17.2 Å². The first-order valence-corrected chi connectivity index (χ1v) is 8.93. The first-order valence-electron chi connectivity index (χ1n) is 8.05. The van der Waals surface area contributed by atoms with Crippen molar-refractivity contribution in [3.8, 4) is 0 Å². The summed E-state index contributed by atoms with van der Waals surface area (Å²) in [4.78, 5) is 13.3. The molecule has 26 heavy (non-hydrogen) atoms. The first-order chi connectivity index (χ1) is 12.5. The maximum Gasteiger partial charge on any atom is 0.221 e. The Labute approximate surface area is 153 Å². The smallest absolute Gasteiger partial charge is 0.221 e. The fourth-order valence-electron chi connectivity index (χ4n) is 2.62. The molecule has 1 atom stereocenters. The van der Waals surface area contributed by atoms with Crippen LogP contribution in [-0.4, -0.2) is 5.91 Å². The third-order valence-corrected chi connectivity index (χ3v) is 4.90. The van der Waals surface area contributed by atoms with E-state index in [-0.39, 0.29) is 24.2 Å². The number of carbonyl (C=O) groups is 1. The molecular weight excluding hydrogens is 359 g/mol. The second kappa shape index (κ2) is 8.19. The molecule has 0 aliphatic heterocycles. The van der Waals surface area contributed by atoms with Gasteiger partial charge >= 0.3 is 0 Å². The SMILES string of the molecule is O=C(CCc1ccc(F)c(F)c1)NC(c1ccc(F)cc1)c1cccs1. The summed E-state index contributed by atoms with van der Waals surface area (Å²) in [7, 11) is 0. The topological polar surface area (TPSA) is 29.1 Å². The molecule has 0 bridgehead atoms. The molecule has 1 unspecified atom stereocenters. The molecule has 2 nitrogen and oxygen atoms in total. The van der Waals surface area contributed by atoms with Crippen LogP contribution in [0.4, 0.5) is 13.2 Å². The molecule has 0 fully saturated rings. The van der Waals surface area contributed by atoms with Crippen LogP contribution in [0.15, 0.2) is 60.0 Å². The molecular formula is C20H16F3NOS. The Bertz CT molecular complexity index is 879. The summed E-state index contributed by atoms with van der Waals surface area (Å²) in [6.45, 7) is 0. The summed E-state index contributed by atoms with van der Waals surface area (Å²) in [6, 6.07) is 13.0. The minimum Gasteiger partial charge on any atom is -0.344 e. The third kappa shape index (κ3) is 4.52. The summed E-state index contributed by atoms with van der Waals surface area (Å²) in [5.41, 5.74) is 1.32. The lowest BCUT2D eigenvalue weighted by Crippen LogP contribution is -2.29. The van der Waals surface area contributed by atoms with Gasteiger partial charge in [-0.2, -0.15) is 0 Å². The monoisotopic (exact) mass is 375 g/mol. The highest BCUT2D eigenvalue weighted by Gasteiger charge is 2.18. The van der Waals surface area contributed by atoms with Crippen molar-refractivity contribution in [2.45, 2.75) is 18.9 Å². The number of hydrogen-bond donors (Lipinski definition) is 1. The summed E-state index contributed by atoms with van der Waals surface area (Å²) < 4.78 is 39.4. The highest BCUT2D eigenvalue weighted by Crippen LogP contribution is 2.26. The molecule has 134 valence electrons. The normalized spacial score (nSPS) is 12.0. The Morgan fingerprint density at radius 3 is 2.42 bits per heavy atom. The van der Waals surface area contributed by atoms with Crippen LogP contribution in [0.5, 0.6) is 0 Å². The standard InChI is InChI=1S/C20H16F3NOS/c21-15-7-5-14(6-8-15)20(18-2-1-11-26-18)24-19(25)10-4-13-3-9-16(22)17(23)12-13/h1-3,5-9,11-12,20H,4,10H2,(H,24,25). The van der Waals surface area contributed by atoms with Crippen LogP contribution >= 0.6 is 11.3 Å². The van der Waals surface area contributed by atoms with E-state index in [1.54, 1.807) is 12.1 Å². The molecule has 0 aliphatic carbocycles. The maximum atomic E-state index is 13.2. The third-order valence-electron chi connectivity index (χ3n) is 3.96. The zero-order chi connectivity index (χ0) is 18.5. The number of aryl methyl sites for hydroxylation is 1. The number of halogens is 3. The Morgan fingerprint density at radius 2 is 1.77 bits per heavy atom. The molecule has 2 aromatic carbocycles. The van der Waals surface area contributed by atoms with E-state index in [2.05, 4.69) is 5.32 Å². The van der Waals surface area contributed by atoms with E-state index in [4.69, 9.17) is 0 Å². The lowest BCUT2D eigenvalue weighted by molar-refractivity contribution is -0.121. The van der Waals surface area contributed by atoms with Crippen LogP contribution in [0.25, 0.3) is 0 Å². The van der Waals surface area contributed by atoms with Crippen molar-refractivity contribution in [2.75, 3.05) is 0 Å². The predicted octanol–water partition coefficient (Wildman–Crippen LogP) is 5.00. The van der Waals surface area contributed by atoms with Gasteiger partial charge < -0.3 is 5.32 Å². The van der Waals surface area contributed by atoms with E-state index in [0.717, 1.165) is 22.6 Å². The van der Waals surface area contributed by atoms with Gasteiger partial charge in [0, 0.05) is 11.3 Å². The van der Waals surface area contributed by atoms with E-state index >= 15 is 0 Å². The molecule has 0 saturated carbocycles. The van der Waals surface area contributed by atoms with Gasteiger partial charge in [0.1, 0.15) is 5.82 Å². The molecule has 6 heteroatoms. The second-order valence-electron chi connectivity index (χ2n) is 5.82. The average molecular weight is 375 g/mol. The van der Waals surface area contributed by atoms with Crippen LogP contribution in [0.3, 0.4) is 0 Å². The van der Waals surface area contributed by atoms with Crippen molar-refractivity contribution in [2.24, 2.45) is 0 Å². The van der Waals surface area contributed by atoms with Gasteiger partial charge in [-0.05, 0) is 53.3 Å². The van der Waals surface area contributed by atoms with Gasteiger partial charge in [-0.1, -0.05) is 24.3 Å². The van der Waals surface area contributed by atoms with E-state index < -0.39 is 11.6 Å². The summed E-state index contributed by atoms with van der Waals surface area (Å²) in [5.74, 6) is -2.40. The van der Waals surface area contributed by atoms with Gasteiger partial charge in [0.25, 0.3) is 0 Å². The van der Waals surface area contributed by atoms with Gasteiger partial charge in [0.15, 0.2) is 11.6 Å². The fourth-order valence-corrected chi connectivity index (χ4v) is 3.42. The van der Waals surface area contributed by atoms with Gasteiger partial charge in [-0.15, -0.1) is 11.3 Å². The van der Waals surface area contributed by atoms with E-state index in [9.17, 15) is 18.0 Å². The van der Waals surface area contributed by atoms with Crippen molar-refractivity contribution in [3.63, 3.8) is 0 Å². The van der Waals surface area contributed by atoms with Gasteiger partial charge in [-0.3, -0.25) is 4.79 Å².